The van der Waals surface area contributed by atoms with Crippen LogP contribution in [0, 0.1) is 13.8 Å². The number of carbonyl (C=O) groups is 1. The Labute approximate surface area is 156 Å². The summed E-state index contributed by atoms with van der Waals surface area (Å²) in [7, 11) is 1.71. The first-order chi connectivity index (χ1) is 12.5. The van der Waals surface area contributed by atoms with Gasteiger partial charge in [0.25, 0.3) is 5.56 Å². The first-order valence-corrected chi connectivity index (χ1v) is 9.40. The molecule has 0 unspecified atom stereocenters. The Balaban J connectivity index is 1.65. The maximum absolute atomic E-state index is 12.4. The molecule has 2 aromatic carbocycles. The van der Waals surface area contributed by atoms with Gasteiger partial charge in [0.15, 0.2) is 5.16 Å². The number of rotatable bonds is 5. The Morgan fingerprint density at radius 1 is 1.19 bits per heavy atom. The van der Waals surface area contributed by atoms with Gasteiger partial charge in [-0.15, -0.1) is 0 Å². The van der Waals surface area contributed by atoms with Crippen LogP contribution in [-0.4, -0.2) is 21.2 Å². The third-order valence-corrected chi connectivity index (χ3v) is 5.20. The van der Waals surface area contributed by atoms with Crippen LogP contribution in [0.4, 0.5) is 5.69 Å². The van der Waals surface area contributed by atoms with Crippen molar-refractivity contribution in [1.29, 1.82) is 0 Å². The van der Waals surface area contributed by atoms with E-state index in [1.807, 2.05) is 50.2 Å². The van der Waals surface area contributed by atoms with Crippen molar-refractivity contribution in [2.24, 2.45) is 7.05 Å². The van der Waals surface area contributed by atoms with Gasteiger partial charge in [-0.25, -0.2) is 4.98 Å². The largest absolute Gasteiger partial charge is 0.326 e. The molecule has 26 heavy (non-hydrogen) atoms. The van der Waals surface area contributed by atoms with Gasteiger partial charge in [0.2, 0.25) is 5.91 Å². The average molecular weight is 367 g/mol. The highest BCUT2D eigenvalue weighted by molar-refractivity contribution is 7.99. The minimum atomic E-state index is -0.0714. The van der Waals surface area contributed by atoms with Gasteiger partial charge >= 0.3 is 0 Å². The van der Waals surface area contributed by atoms with E-state index < -0.39 is 0 Å². The molecule has 0 atom stereocenters. The Morgan fingerprint density at radius 2 is 1.96 bits per heavy atom. The molecule has 3 aromatic rings. The summed E-state index contributed by atoms with van der Waals surface area (Å²) < 4.78 is 1.54. The summed E-state index contributed by atoms with van der Waals surface area (Å²) in [5.74, 6) is 0.506. The minimum Gasteiger partial charge on any atom is -0.326 e. The van der Waals surface area contributed by atoms with E-state index in [1.54, 1.807) is 13.1 Å². The van der Waals surface area contributed by atoms with Crippen molar-refractivity contribution in [3.8, 4) is 0 Å². The first kappa shape index (κ1) is 18.2. The topological polar surface area (TPSA) is 64.0 Å². The van der Waals surface area contributed by atoms with Crippen LogP contribution in [0.2, 0.25) is 0 Å². The molecule has 0 aliphatic carbocycles. The fourth-order valence-corrected chi connectivity index (χ4v) is 3.55. The Hall–Kier alpha value is -2.60. The van der Waals surface area contributed by atoms with Crippen molar-refractivity contribution in [2.75, 3.05) is 11.1 Å². The molecule has 1 amide bonds. The smallest absolute Gasteiger partial charge is 0.261 e. The lowest BCUT2D eigenvalue weighted by molar-refractivity contribution is -0.115. The molecule has 6 heteroatoms. The van der Waals surface area contributed by atoms with Crippen molar-refractivity contribution >= 4 is 34.3 Å². The number of benzene rings is 2. The summed E-state index contributed by atoms with van der Waals surface area (Å²) in [4.78, 5) is 29.1. The van der Waals surface area contributed by atoms with E-state index in [-0.39, 0.29) is 11.5 Å². The highest BCUT2D eigenvalue weighted by atomic mass is 32.2. The van der Waals surface area contributed by atoms with Crippen LogP contribution >= 0.6 is 11.8 Å². The van der Waals surface area contributed by atoms with Crippen LogP contribution in [0.5, 0.6) is 0 Å². The van der Waals surface area contributed by atoms with Crippen LogP contribution in [0.25, 0.3) is 10.9 Å². The predicted octanol–water partition coefficient (Wildman–Crippen LogP) is 3.67. The number of hydrogen-bond donors (Lipinski definition) is 1. The van der Waals surface area contributed by atoms with Crippen molar-refractivity contribution in [2.45, 2.75) is 25.4 Å². The highest BCUT2D eigenvalue weighted by Crippen LogP contribution is 2.19. The molecule has 5 nitrogen and oxygen atoms in total. The van der Waals surface area contributed by atoms with Gasteiger partial charge < -0.3 is 5.32 Å². The quantitative estimate of drug-likeness (QED) is 0.552. The molecular weight excluding hydrogens is 346 g/mol. The summed E-state index contributed by atoms with van der Waals surface area (Å²) in [5, 5.41) is 4.17. The number of anilines is 1. The van der Waals surface area contributed by atoms with E-state index in [9.17, 15) is 9.59 Å². The number of nitrogens with zero attached hydrogens (tertiary/aromatic N) is 2. The highest BCUT2D eigenvalue weighted by Gasteiger charge is 2.10. The molecule has 1 N–H and O–H groups in total. The normalized spacial score (nSPS) is 10.9. The number of fused-ring (bicyclic) bond motifs is 1. The molecular formula is C20H21N3O2S. The van der Waals surface area contributed by atoms with Crippen molar-refractivity contribution in [3.63, 3.8) is 0 Å². The standard InChI is InChI=1S/C20H21N3O2S/c1-13-8-9-14(2)17(12-13)21-18(24)10-11-26-20-22-16-7-5-4-6-15(16)19(25)23(20)3/h4-9,12H,10-11H2,1-3H3,(H,21,24). The van der Waals surface area contributed by atoms with Gasteiger partial charge in [-0.2, -0.15) is 0 Å². The van der Waals surface area contributed by atoms with Gasteiger partial charge in [-0.05, 0) is 43.2 Å². The van der Waals surface area contributed by atoms with Gasteiger partial charge in [-0.1, -0.05) is 36.0 Å². The molecule has 0 aliphatic heterocycles. The number of para-hydroxylation sites is 1. The van der Waals surface area contributed by atoms with Crippen LogP contribution in [0.3, 0.4) is 0 Å². The average Bonchev–Trinajstić information content (AvgIpc) is 2.62. The summed E-state index contributed by atoms with van der Waals surface area (Å²) >= 11 is 1.41. The van der Waals surface area contributed by atoms with Crippen molar-refractivity contribution in [3.05, 3.63) is 63.9 Å². The third-order valence-electron chi connectivity index (χ3n) is 4.17. The van der Waals surface area contributed by atoms with Crippen LogP contribution < -0.4 is 10.9 Å². The summed E-state index contributed by atoms with van der Waals surface area (Å²) in [6.45, 7) is 3.97. The second-order valence-corrected chi connectivity index (χ2v) is 7.30. The second kappa shape index (κ2) is 7.74. The summed E-state index contributed by atoms with van der Waals surface area (Å²) in [6, 6.07) is 13.3. The molecule has 1 heterocycles. The summed E-state index contributed by atoms with van der Waals surface area (Å²) in [5.41, 5.74) is 3.60. The Morgan fingerprint density at radius 3 is 2.77 bits per heavy atom. The number of thioether (sulfide) groups is 1. The SMILES string of the molecule is Cc1ccc(C)c(NC(=O)CCSc2nc3ccccc3c(=O)n2C)c1. The minimum absolute atomic E-state index is 0.0445. The van der Waals surface area contributed by atoms with E-state index in [2.05, 4.69) is 10.3 Å². The van der Waals surface area contributed by atoms with E-state index in [4.69, 9.17) is 0 Å². The maximum Gasteiger partial charge on any atom is 0.261 e. The number of nitrogens with one attached hydrogen (secondary N) is 1. The van der Waals surface area contributed by atoms with Crippen molar-refractivity contribution < 1.29 is 4.79 Å². The monoisotopic (exact) mass is 367 g/mol. The maximum atomic E-state index is 12.4. The number of hydrogen-bond acceptors (Lipinski definition) is 4. The third kappa shape index (κ3) is 3.96. The number of aromatic nitrogens is 2. The molecule has 0 bridgehead atoms. The van der Waals surface area contributed by atoms with E-state index in [0.29, 0.717) is 28.2 Å². The fourth-order valence-electron chi connectivity index (χ4n) is 2.64. The zero-order valence-corrected chi connectivity index (χ0v) is 15.9. The first-order valence-electron chi connectivity index (χ1n) is 8.41. The Bertz CT molecular complexity index is 1030. The summed E-state index contributed by atoms with van der Waals surface area (Å²) in [6.07, 6.45) is 0.348. The molecule has 134 valence electrons. The van der Waals surface area contributed by atoms with Crippen LogP contribution in [0.1, 0.15) is 17.5 Å². The molecule has 3 rings (SSSR count). The molecule has 0 saturated heterocycles. The molecule has 0 saturated carbocycles. The molecule has 0 spiro atoms. The predicted molar refractivity (Wildman–Crippen MR) is 107 cm³/mol. The zero-order valence-electron chi connectivity index (χ0n) is 15.1. The lowest BCUT2D eigenvalue weighted by Gasteiger charge is -2.10. The van der Waals surface area contributed by atoms with E-state index >= 15 is 0 Å². The second-order valence-electron chi connectivity index (χ2n) is 6.24. The van der Waals surface area contributed by atoms with Gasteiger partial charge in [0, 0.05) is 24.9 Å². The lowest BCUT2D eigenvalue weighted by Crippen LogP contribution is -2.20. The van der Waals surface area contributed by atoms with E-state index in [0.717, 1.165) is 16.8 Å². The van der Waals surface area contributed by atoms with Crippen LogP contribution in [-0.2, 0) is 11.8 Å². The van der Waals surface area contributed by atoms with Gasteiger partial charge in [-0.3, -0.25) is 14.2 Å². The molecule has 0 fully saturated rings. The number of amides is 1. The number of carbonyl (C=O) groups excluding carboxylic acids is 1. The number of aryl methyl sites for hydroxylation is 2. The lowest BCUT2D eigenvalue weighted by atomic mass is 10.1. The molecule has 0 radical (unpaired) electrons. The van der Waals surface area contributed by atoms with E-state index in [1.165, 1.54) is 16.3 Å². The Kier molecular flexibility index (Phi) is 5.42. The zero-order chi connectivity index (χ0) is 18.7. The molecule has 1 aromatic heterocycles. The van der Waals surface area contributed by atoms with Crippen LogP contribution in [0.15, 0.2) is 52.4 Å². The fraction of sp³-hybridized carbons (Fsp3) is 0.250. The van der Waals surface area contributed by atoms with Gasteiger partial charge in [0.1, 0.15) is 0 Å². The van der Waals surface area contributed by atoms with Crippen molar-refractivity contribution in [1.82, 2.24) is 9.55 Å². The van der Waals surface area contributed by atoms with Gasteiger partial charge in [0.05, 0.1) is 10.9 Å². The molecule has 0 aliphatic rings.